The average molecular weight is 423 g/mol. The molecule has 2 N–H and O–H groups in total. The Morgan fingerprint density at radius 3 is 2.55 bits per heavy atom. The Bertz CT molecular complexity index is 1030. The van der Waals surface area contributed by atoms with Gasteiger partial charge >= 0.3 is 5.97 Å². The second kappa shape index (κ2) is 9.42. The van der Waals surface area contributed by atoms with E-state index in [2.05, 4.69) is 10.7 Å². The maximum absolute atomic E-state index is 12.4. The molecule has 0 radical (unpaired) electrons. The highest BCUT2D eigenvalue weighted by molar-refractivity contribution is 5.98. The highest BCUT2D eigenvalue weighted by Gasteiger charge is 2.36. The Kier molecular flexibility index (Phi) is 6.69. The van der Waals surface area contributed by atoms with E-state index in [0.29, 0.717) is 11.3 Å². The lowest BCUT2D eigenvalue weighted by molar-refractivity contribution is -0.151. The predicted molar refractivity (Wildman–Crippen MR) is 114 cm³/mol. The van der Waals surface area contributed by atoms with Crippen LogP contribution in [0.3, 0.4) is 0 Å². The number of carbonyl (C=O) groups is 4. The van der Waals surface area contributed by atoms with Gasteiger partial charge in [0.25, 0.3) is 11.8 Å². The largest absolute Gasteiger partial charge is 0.455 e. The fraction of sp³-hybridized carbons (Fsp3) is 0.304. The third-order valence-corrected chi connectivity index (χ3v) is 5.10. The van der Waals surface area contributed by atoms with Crippen LogP contribution in [0.4, 0.5) is 5.69 Å². The Balaban J connectivity index is 1.51. The minimum absolute atomic E-state index is 0.00606. The third kappa shape index (κ3) is 5.48. The number of amides is 3. The van der Waals surface area contributed by atoms with Crippen LogP contribution in [0.15, 0.2) is 42.5 Å². The number of anilines is 1. The molecule has 1 atom stereocenters. The molecule has 1 saturated heterocycles. The lowest BCUT2D eigenvalue weighted by Gasteiger charge is -2.18. The number of carbonyl (C=O) groups excluding carboxylic acids is 4. The van der Waals surface area contributed by atoms with E-state index in [9.17, 15) is 19.2 Å². The van der Waals surface area contributed by atoms with Gasteiger partial charge in [-0.2, -0.15) is 0 Å². The van der Waals surface area contributed by atoms with Crippen LogP contribution in [0.2, 0.25) is 0 Å². The Morgan fingerprint density at radius 1 is 1.06 bits per heavy atom. The molecule has 8 heteroatoms. The summed E-state index contributed by atoms with van der Waals surface area (Å²) < 4.78 is 5.09. The summed E-state index contributed by atoms with van der Waals surface area (Å²) in [5.74, 6) is -2.68. The van der Waals surface area contributed by atoms with Crippen molar-refractivity contribution in [1.29, 1.82) is 0 Å². The molecule has 2 aromatic carbocycles. The van der Waals surface area contributed by atoms with Gasteiger partial charge in [-0.1, -0.05) is 30.3 Å². The average Bonchev–Trinajstić information content (AvgIpc) is 3.09. The second-order valence-electron chi connectivity index (χ2n) is 7.64. The molecule has 0 aromatic heterocycles. The number of esters is 1. The van der Waals surface area contributed by atoms with Crippen LogP contribution in [-0.2, 0) is 19.1 Å². The first kappa shape index (κ1) is 22.0. The van der Waals surface area contributed by atoms with Crippen LogP contribution >= 0.6 is 0 Å². The number of nitrogens with zero attached hydrogens (tertiary/aromatic N) is 1. The minimum atomic E-state index is -0.752. The number of hydrogen-bond acceptors (Lipinski definition) is 5. The summed E-state index contributed by atoms with van der Waals surface area (Å²) >= 11 is 0. The summed E-state index contributed by atoms with van der Waals surface area (Å²) in [4.78, 5) is 49.1. The van der Waals surface area contributed by atoms with Gasteiger partial charge in [-0.15, -0.1) is 0 Å². The molecule has 8 nitrogen and oxygen atoms in total. The summed E-state index contributed by atoms with van der Waals surface area (Å²) in [6.07, 6.45) is -0.0918. The van der Waals surface area contributed by atoms with Gasteiger partial charge in [-0.25, -0.2) is 0 Å². The first-order valence-corrected chi connectivity index (χ1v) is 9.95. The normalized spacial score (nSPS) is 15.5. The molecule has 0 saturated carbocycles. The highest BCUT2D eigenvalue weighted by atomic mass is 16.5. The third-order valence-electron chi connectivity index (χ3n) is 5.10. The molecule has 162 valence electrons. The number of ether oxygens (including phenoxy) is 1. The zero-order valence-electron chi connectivity index (χ0n) is 17.7. The van der Waals surface area contributed by atoms with Crippen molar-refractivity contribution in [2.75, 3.05) is 18.5 Å². The quantitative estimate of drug-likeness (QED) is 0.694. The summed E-state index contributed by atoms with van der Waals surface area (Å²) in [6.45, 7) is 5.12. The molecule has 0 aliphatic carbocycles. The number of hydrogen-bond donors (Lipinski definition) is 2. The zero-order valence-corrected chi connectivity index (χ0v) is 17.7. The monoisotopic (exact) mass is 423 g/mol. The van der Waals surface area contributed by atoms with E-state index in [1.165, 1.54) is 0 Å². The molecule has 2 aromatic rings. The first-order valence-electron chi connectivity index (χ1n) is 9.95. The Hall–Kier alpha value is -3.68. The molecule has 1 heterocycles. The molecular formula is C23H25N3O5. The number of hydrazine groups is 1. The lowest BCUT2D eigenvalue weighted by Crippen LogP contribution is -2.43. The smallest absolute Gasteiger partial charge is 0.311 e. The lowest BCUT2D eigenvalue weighted by atomic mass is 10.1. The maximum atomic E-state index is 12.4. The molecule has 0 bridgehead atoms. The standard InChI is InChI=1S/C23H25N3O5/c1-14-8-9-16(3)19(10-14)24-20(27)13-31-23(30)17-11-21(28)26(12-17)25-22(29)18-7-5-4-6-15(18)2/h4-10,17H,11-13H2,1-3H3,(H,24,27)(H,25,29)/t17-/m0/s1. The van der Waals surface area contributed by atoms with Crippen molar-refractivity contribution in [2.45, 2.75) is 27.2 Å². The van der Waals surface area contributed by atoms with E-state index in [-0.39, 0.29) is 18.9 Å². The highest BCUT2D eigenvalue weighted by Crippen LogP contribution is 2.19. The van der Waals surface area contributed by atoms with Gasteiger partial charge in [0.15, 0.2) is 6.61 Å². The molecule has 0 unspecified atom stereocenters. The summed E-state index contributed by atoms with van der Waals surface area (Å²) in [7, 11) is 0. The van der Waals surface area contributed by atoms with E-state index in [1.807, 2.05) is 38.1 Å². The van der Waals surface area contributed by atoms with Crippen molar-refractivity contribution in [3.8, 4) is 0 Å². The van der Waals surface area contributed by atoms with Gasteiger partial charge < -0.3 is 10.1 Å². The van der Waals surface area contributed by atoms with Crippen molar-refractivity contribution in [3.63, 3.8) is 0 Å². The van der Waals surface area contributed by atoms with Crippen LogP contribution in [-0.4, -0.2) is 41.9 Å². The van der Waals surface area contributed by atoms with Crippen molar-refractivity contribution in [2.24, 2.45) is 5.92 Å². The van der Waals surface area contributed by atoms with E-state index < -0.39 is 30.3 Å². The molecule has 31 heavy (non-hydrogen) atoms. The number of nitrogens with one attached hydrogen (secondary N) is 2. The molecule has 1 aliphatic heterocycles. The van der Waals surface area contributed by atoms with Gasteiger partial charge in [0.05, 0.1) is 12.5 Å². The van der Waals surface area contributed by atoms with Gasteiger partial charge in [0.1, 0.15) is 0 Å². The number of aryl methyl sites for hydroxylation is 3. The SMILES string of the molecule is Cc1ccc(C)c(NC(=O)COC(=O)[C@H]2CC(=O)N(NC(=O)c3ccccc3C)C2)c1. The van der Waals surface area contributed by atoms with Crippen LogP contribution in [0.5, 0.6) is 0 Å². The summed E-state index contributed by atoms with van der Waals surface area (Å²) in [6, 6.07) is 12.7. The maximum Gasteiger partial charge on any atom is 0.311 e. The molecule has 0 spiro atoms. The number of rotatable bonds is 6. The van der Waals surface area contributed by atoms with Crippen LogP contribution in [0.25, 0.3) is 0 Å². The van der Waals surface area contributed by atoms with Crippen molar-refractivity contribution in [3.05, 3.63) is 64.7 Å². The van der Waals surface area contributed by atoms with E-state index >= 15 is 0 Å². The van der Waals surface area contributed by atoms with Gasteiger partial charge in [-0.3, -0.25) is 29.6 Å². The van der Waals surface area contributed by atoms with Gasteiger partial charge in [0.2, 0.25) is 5.91 Å². The fourth-order valence-corrected chi connectivity index (χ4v) is 3.30. The Labute approximate surface area is 180 Å². The Morgan fingerprint density at radius 2 is 1.81 bits per heavy atom. The fourth-order valence-electron chi connectivity index (χ4n) is 3.30. The van der Waals surface area contributed by atoms with Crippen LogP contribution < -0.4 is 10.7 Å². The van der Waals surface area contributed by atoms with Crippen LogP contribution in [0.1, 0.15) is 33.5 Å². The van der Waals surface area contributed by atoms with E-state index in [1.54, 1.807) is 25.1 Å². The molecular weight excluding hydrogens is 398 g/mol. The van der Waals surface area contributed by atoms with Gasteiger partial charge in [0, 0.05) is 17.7 Å². The van der Waals surface area contributed by atoms with E-state index in [0.717, 1.165) is 21.7 Å². The second-order valence-corrected chi connectivity index (χ2v) is 7.64. The molecule has 3 amide bonds. The molecule has 1 aliphatic rings. The first-order chi connectivity index (χ1) is 14.7. The zero-order chi connectivity index (χ0) is 22.5. The predicted octanol–water partition coefficient (Wildman–Crippen LogP) is 2.29. The van der Waals surface area contributed by atoms with Gasteiger partial charge in [-0.05, 0) is 49.6 Å². The molecule has 1 fully saturated rings. The van der Waals surface area contributed by atoms with Crippen molar-refractivity contribution >= 4 is 29.4 Å². The number of benzene rings is 2. The van der Waals surface area contributed by atoms with Crippen LogP contribution in [0, 0.1) is 26.7 Å². The topological polar surface area (TPSA) is 105 Å². The van der Waals surface area contributed by atoms with Crippen molar-refractivity contribution in [1.82, 2.24) is 10.4 Å². The summed E-state index contributed by atoms with van der Waals surface area (Å²) in [5.41, 5.74) is 6.31. The summed E-state index contributed by atoms with van der Waals surface area (Å²) in [5, 5.41) is 3.84. The minimum Gasteiger partial charge on any atom is -0.455 e. The van der Waals surface area contributed by atoms with E-state index in [4.69, 9.17) is 4.74 Å². The van der Waals surface area contributed by atoms with Crippen molar-refractivity contribution < 1.29 is 23.9 Å². The molecule has 3 rings (SSSR count).